The molecule has 0 atom stereocenters. The van der Waals surface area contributed by atoms with E-state index in [0.29, 0.717) is 35.6 Å². The van der Waals surface area contributed by atoms with E-state index >= 15 is 0 Å². The number of rotatable bonds is 9. The third-order valence-corrected chi connectivity index (χ3v) is 7.43. The molecule has 9 nitrogen and oxygen atoms in total. The fourth-order valence-corrected chi connectivity index (χ4v) is 5.23. The largest absolute Gasteiger partial charge is 0.495 e. The Morgan fingerprint density at radius 3 is 2.67 bits per heavy atom. The van der Waals surface area contributed by atoms with Crippen LogP contribution in [0.2, 0.25) is 0 Å². The second kappa shape index (κ2) is 12.3. The van der Waals surface area contributed by atoms with Gasteiger partial charge in [0.15, 0.2) is 22.1 Å². The van der Waals surface area contributed by atoms with E-state index in [2.05, 4.69) is 21.7 Å². The number of methoxy groups -OCH3 is 1. The van der Waals surface area contributed by atoms with Gasteiger partial charge in [-0.25, -0.2) is 15.0 Å². The Labute approximate surface area is 232 Å². The highest BCUT2D eigenvalue weighted by Crippen LogP contribution is 2.31. The lowest BCUT2D eigenvalue weighted by Crippen LogP contribution is -2.37. The number of benzene rings is 2. The standard InChI is InChI=1S/C29H32N6O3S/c1-4-24-31-26-27(34(24)2)32-29(33-28(26)35-14-16-38-17-15-35)39-19-21-10-12-23(37-3)22(18-21)30-25(36)13-11-20-8-6-5-7-9-20/h5-13,18H,4,14-17,19H2,1-3H3,(H,30,36)/b13-11+. The molecule has 1 fully saturated rings. The van der Waals surface area contributed by atoms with E-state index in [0.717, 1.165) is 53.4 Å². The first-order valence-corrected chi connectivity index (χ1v) is 13.9. The summed E-state index contributed by atoms with van der Waals surface area (Å²) in [6, 6.07) is 15.5. The fraction of sp³-hybridized carbons (Fsp3) is 0.310. The quantitative estimate of drug-likeness (QED) is 0.184. The number of carbonyl (C=O) groups is 1. The van der Waals surface area contributed by atoms with Crippen molar-refractivity contribution in [2.45, 2.75) is 24.3 Å². The first kappa shape index (κ1) is 26.7. The van der Waals surface area contributed by atoms with Gasteiger partial charge in [0.2, 0.25) is 5.91 Å². The number of carbonyl (C=O) groups excluding carboxylic acids is 1. The van der Waals surface area contributed by atoms with E-state index < -0.39 is 0 Å². The molecule has 0 unspecified atom stereocenters. The van der Waals surface area contributed by atoms with Crippen LogP contribution in [0.5, 0.6) is 5.75 Å². The number of hydrogen-bond donors (Lipinski definition) is 1. The molecule has 3 heterocycles. The number of amides is 1. The molecule has 2 aromatic heterocycles. The molecule has 2 aromatic carbocycles. The zero-order valence-corrected chi connectivity index (χ0v) is 23.2. The predicted octanol–water partition coefficient (Wildman–Crippen LogP) is 4.72. The summed E-state index contributed by atoms with van der Waals surface area (Å²) in [5.74, 6) is 2.83. The Balaban J connectivity index is 1.35. The maximum Gasteiger partial charge on any atom is 0.248 e. The molecule has 0 saturated carbocycles. The molecule has 1 N–H and O–H groups in total. The Kier molecular flexibility index (Phi) is 8.43. The summed E-state index contributed by atoms with van der Waals surface area (Å²) in [4.78, 5) is 29.5. The summed E-state index contributed by atoms with van der Waals surface area (Å²) in [7, 11) is 3.59. The lowest BCUT2D eigenvalue weighted by molar-refractivity contribution is -0.111. The van der Waals surface area contributed by atoms with Crippen LogP contribution in [0, 0.1) is 0 Å². The van der Waals surface area contributed by atoms with Crippen molar-refractivity contribution in [2.24, 2.45) is 7.05 Å². The van der Waals surface area contributed by atoms with Gasteiger partial charge in [0.05, 0.1) is 26.0 Å². The van der Waals surface area contributed by atoms with E-state index in [1.807, 2.05) is 55.6 Å². The van der Waals surface area contributed by atoms with Gasteiger partial charge in [0, 0.05) is 38.4 Å². The van der Waals surface area contributed by atoms with Crippen molar-refractivity contribution in [3.63, 3.8) is 0 Å². The molecule has 0 aliphatic carbocycles. The summed E-state index contributed by atoms with van der Waals surface area (Å²) >= 11 is 1.55. The van der Waals surface area contributed by atoms with Crippen molar-refractivity contribution in [3.05, 3.63) is 71.6 Å². The molecular formula is C29H32N6O3S. The lowest BCUT2D eigenvalue weighted by atomic mass is 10.2. The summed E-state index contributed by atoms with van der Waals surface area (Å²) in [6.45, 7) is 4.98. The molecule has 39 heavy (non-hydrogen) atoms. The van der Waals surface area contributed by atoms with E-state index in [1.165, 1.54) is 6.08 Å². The monoisotopic (exact) mass is 544 g/mol. The Bertz CT molecular complexity index is 1480. The van der Waals surface area contributed by atoms with Crippen molar-refractivity contribution in [2.75, 3.05) is 43.6 Å². The number of ether oxygens (including phenoxy) is 2. The number of nitrogens with one attached hydrogen (secondary N) is 1. The number of aromatic nitrogens is 4. The first-order valence-electron chi connectivity index (χ1n) is 13.0. The smallest absolute Gasteiger partial charge is 0.248 e. The fourth-order valence-electron chi connectivity index (χ4n) is 4.45. The third kappa shape index (κ3) is 6.23. The van der Waals surface area contributed by atoms with Crippen LogP contribution in [0.3, 0.4) is 0 Å². The van der Waals surface area contributed by atoms with Crippen LogP contribution >= 0.6 is 11.8 Å². The summed E-state index contributed by atoms with van der Waals surface area (Å²) < 4.78 is 13.1. The summed E-state index contributed by atoms with van der Waals surface area (Å²) in [6.07, 6.45) is 4.12. The van der Waals surface area contributed by atoms with Crippen LogP contribution in [0.15, 0.2) is 59.8 Å². The molecular weight excluding hydrogens is 512 g/mol. The molecule has 1 aliphatic rings. The van der Waals surface area contributed by atoms with Gasteiger partial charge in [0.25, 0.3) is 0 Å². The van der Waals surface area contributed by atoms with Crippen molar-refractivity contribution in [1.29, 1.82) is 0 Å². The zero-order chi connectivity index (χ0) is 27.2. The van der Waals surface area contributed by atoms with Gasteiger partial charge in [-0.05, 0) is 29.3 Å². The van der Waals surface area contributed by atoms with E-state index in [-0.39, 0.29) is 5.91 Å². The molecule has 1 amide bonds. The molecule has 0 spiro atoms. The van der Waals surface area contributed by atoms with E-state index in [4.69, 9.17) is 24.4 Å². The minimum Gasteiger partial charge on any atom is -0.495 e. The van der Waals surface area contributed by atoms with Gasteiger partial charge in [-0.3, -0.25) is 4.79 Å². The van der Waals surface area contributed by atoms with Gasteiger partial charge in [-0.2, -0.15) is 0 Å². The summed E-state index contributed by atoms with van der Waals surface area (Å²) in [5, 5.41) is 3.62. The summed E-state index contributed by atoms with van der Waals surface area (Å²) in [5.41, 5.74) is 4.25. The first-order chi connectivity index (χ1) is 19.1. The number of anilines is 2. The number of fused-ring (bicyclic) bond motifs is 1. The number of aryl methyl sites for hydroxylation is 2. The van der Waals surface area contributed by atoms with Crippen LogP contribution in [0.1, 0.15) is 23.9 Å². The van der Waals surface area contributed by atoms with Crippen molar-refractivity contribution >= 4 is 46.4 Å². The topological polar surface area (TPSA) is 94.4 Å². The number of hydrogen-bond acceptors (Lipinski definition) is 8. The zero-order valence-electron chi connectivity index (χ0n) is 22.4. The van der Waals surface area contributed by atoms with Crippen LogP contribution in [0.4, 0.5) is 11.5 Å². The number of imidazole rings is 1. The van der Waals surface area contributed by atoms with Crippen molar-refractivity contribution in [1.82, 2.24) is 19.5 Å². The Morgan fingerprint density at radius 1 is 1.13 bits per heavy atom. The molecule has 5 rings (SSSR count). The number of thioether (sulfide) groups is 1. The highest BCUT2D eigenvalue weighted by Gasteiger charge is 2.22. The second-order valence-electron chi connectivity index (χ2n) is 9.10. The molecule has 202 valence electrons. The van der Waals surface area contributed by atoms with Crippen molar-refractivity contribution < 1.29 is 14.3 Å². The van der Waals surface area contributed by atoms with Gasteiger partial charge >= 0.3 is 0 Å². The minimum absolute atomic E-state index is 0.228. The highest BCUT2D eigenvalue weighted by molar-refractivity contribution is 7.98. The predicted molar refractivity (Wildman–Crippen MR) is 155 cm³/mol. The Hall–Kier alpha value is -3.89. The maximum absolute atomic E-state index is 12.6. The minimum atomic E-state index is -0.228. The van der Waals surface area contributed by atoms with Gasteiger partial charge in [-0.1, -0.05) is 55.1 Å². The SMILES string of the molecule is CCc1nc2c(N3CCOCC3)nc(SCc3ccc(OC)c(NC(=O)/C=C/c4ccccc4)c3)nc2n1C. The normalized spacial score (nSPS) is 13.8. The molecule has 0 bridgehead atoms. The maximum atomic E-state index is 12.6. The van der Waals surface area contributed by atoms with Crippen LogP contribution in [-0.4, -0.2) is 58.8 Å². The van der Waals surface area contributed by atoms with E-state index in [1.54, 1.807) is 24.9 Å². The molecule has 10 heteroatoms. The van der Waals surface area contributed by atoms with E-state index in [9.17, 15) is 4.79 Å². The van der Waals surface area contributed by atoms with Gasteiger partial charge in [-0.15, -0.1) is 0 Å². The third-order valence-electron chi connectivity index (χ3n) is 6.52. The lowest BCUT2D eigenvalue weighted by Gasteiger charge is -2.28. The van der Waals surface area contributed by atoms with Crippen molar-refractivity contribution in [3.8, 4) is 5.75 Å². The molecule has 1 aliphatic heterocycles. The average molecular weight is 545 g/mol. The van der Waals surface area contributed by atoms with Crippen LogP contribution in [-0.2, 0) is 28.8 Å². The average Bonchev–Trinajstić information content (AvgIpc) is 3.31. The number of nitrogens with zero attached hydrogens (tertiary/aromatic N) is 5. The van der Waals surface area contributed by atoms with Gasteiger partial charge in [0.1, 0.15) is 11.6 Å². The number of morpholine rings is 1. The molecule has 4 aromatic rings. The molecule has 1 saturated heterocycles. The van der Waals surface area contributed by atoms with Crippen LogP contribution in [0.25, 0.3) is 17.2 Å². The van der Waals surface area contributed by atoms with Crippen LogP contribution < -0.4 is 15.0 Å². The highest BCUT2D eigenvalue weighted by atomic mass is 32.2. The second-order valence-corrected chi connectivity index (χ2v) is 10.0. The van der Waals surface area contributed by atoms with Gasteiger partial charge < -0.3 is 24.3 Å². The Morgan fingerprint density at radius 2 is 1.92 bits per heavy atom. The molecule has 0 radical (unpaired) electrons.